The Labute approximate surface area is 123 Å². The summed E-state index contributed by atoms with van der Waals surface area (Å²) in [6.07, 6.45) is 5.53. The lowest BCUT2D eigenvalue weighted by molar-refractivity contribution is 0.643. The highest BCUT2D eigenvalue weighted by Gasteiger charge is 2.09. The molecule has 2 aromatic rings. The molecular formula is C14H21N5S. The third kappa shape index (κ3) is 3.74. The van der Waals surface area contributed by atoms with Crippen LogP contribution in [0, 0.1) is 6.92 Å². The van der Waals surface area contributed by atoms with Gasteiger partial charge < -0.3 is 10.6 Å². The summed E-state index contributed by atoms with van der Waals surface area (Å²) in [6.45, 7) is 4.89. The molecule has 6 heteroatoms. The lowest BCUT2D eigenvalue weighted by Gasteiger charge is -2.16. The highest BCUT2D eigenvalue weighted by atomic mass is 32.1. The largest absolute Gasteiger partial charge is 0.339 e. The second-order valence-electron chi connectivity index (χ2n) is 4.98. The lowest BCUT2D eigenvalue weighted by atomic mass is 10.1. The average molecular weight is 291 g/mol. The van der Waals surface area contributed by atoms with Gasteiger partial charge in [0.05, 0.1) is 17.7 Å². The summed E-state index contributed by atoms with van der Waals surface area (Å²) in [4.78, 5) is 16.4. The fraction of sp³-hybridized carbons (Fsp3) is 0.500. The second-order valence-corrected chi connectivity index (χ2v) is 5.92. The molecular weight excluding hydrogens is 270 g/mol. The molecule has 108 valence electrons. The van der Waals surface area contributed by atoms with Gasteiger partial charge in [-0.15, -0.1) is 11.3 Å². The quantitative estimate of drug-likeness (QED) is 0.883. The van der Waals surface area contributed by atoms with Crippen molar-refractivity contribution >= 4 is 17.3 Å². The van der Waals surface area contributed by atoms with Crippen LogP contribution in [-0.4, -0.2) is 28.0 Å². The van der Waals surface area contributed by atoms with E-state index < -0.39 is 0 Å². The minimum absolute atomic E-state index is 0.182. The van der Waals surface area contributed by atoms with Crippen LogP contribution in [0.4, 0.5) is 5.95 Å². The number of aromatic nitrogens is 3. The van der Waals surface area contributed by atoms with E-state index in [1.807, 2.05) is 36.8 Å². The van der Waals surface area contributed by atoms with Crippen LogP contribution in [0.15, 0.2) is 17.9 Å². The van der Waals surface area contributed by atoms with Crippen molar-refractivity contribution in [1.82, 2.24) is 15.0 Å². The molecule has 5 nitrogen and oxygen atoms in total. The molecule has 1 atom stereocenters. The molecule has 2 N–H and O–H groups in total. The number of thiazole rings is 1. The van der Waals surface area contributed by atoms with E-state index in [0.29, 0.717) is 0 Å². The molecule has 0 saturated heterocycles. The lowest BCUT2D eigenvalue weighted by Crippen LogP contribution is -2.22. The van der Waals surface area contributed by atoms with Crippen LogP contribution in [0.2, 0.25) is 0 Å². The monoisotopic (exact) mass is 291 g/mol. The van der Waals surface area contributed by atoms with Crippen LogP contribution < -0.4 is 10.6 Å². The first-order valence-electron chi connectivity index (χ1n) is 6.76. The zero-order valence-electron chi connectivity index (χ0n) is 12.2. The molecule has 0 aliphatic rings. The highest BCUT2D eigenvalue weighted by Crippen LogP contribution is 2.17. The smallest absolute Gasteiger partial charge is 0.225 e. The topological polar surface area (TPSA) is 67.9 Å². The van der Waals surface area contributed by atoms with Crippen molar-refractivity contribution in [2.75, 3.05) is 11.9 Å². The van der Waals surface area contributed by atoms with Crippen molar-refractivity contribution < 1.29 is 0 Å². The normalized spacial score (nSPS) is 12.4. The minimum atomic E-state index is 0.182. The molecule has 0 fully saturated rings. The Bertz CT molecular complexity index is 537. The van der Waals surface area contributed by atoms with Gasteiger partial charge in [-0.3, -0.25) is 0 Å². The summed E-state index contributed by atoms with van der Waals surface area (Å²) < 4.78 is 0. The molecule has 0 saturated carbocycles. The molecule has 0 radical (unpaired) electrons. The van der Waals surface area contributed by atoms with E-state index in [9.17, 15) is 0 Å². The van der Waals surface area contributed by atoms with Crippen LogP contribution >= 0.6 is 11.3 Å². The Hall–Kier alpha value is -1.53. The minimum Gasteiger partial charge on any atom is -0.339 e. The number of anilines is 1. The highest BCUT2D eigenvalue weighted by molar-refractivity contribution is 7.09. The molecule has 1 unspecified atom stereocenters. The third-order valence-corrected chi connectivity index (χ3v) is 4.20. The Morgan fingerprint density at radius 2 is 2.00 bits per heavy atom. The maximum Gasteiger partial charge on any atom is 0.225 e. The van der Waals surface area contributed by atoms with Gasteiger partial charge in [-0.25, -0.2) is 15.0 Å². The van der Waals surface area contributed by atoms with Crippen molar-refractivity contribution in [3.05, 3.63) is 34.0 Å². The number of hydrogen-bond donors (Lipinski definition) is 1. The maximum atomic E-state index is 5.94. The summed E-state index contributed by atoms with van der Waals surface area (Å²) in [5.41, 5.74) is 9.97. The first kappa shape index (κ1) is 14.9. The molecule has 0 spiro atoms. The number of rotatable bonds is 6. The van der Waals surface area contributed by atoms with E-state index in [4.69, 9.17) is 5.73 Å². The first-order valence-corrected chi connectivity index (χ1v) is 7.64. The Morgan fingerprint density at radius 1 is 1.30 bits per heavy atom. The molecule has 20 heavy (non-hydrogen) atoms. The van der Waals surface area contributed by atoms with Crippen molar-refractivity contribution in [2.45, 2.75) is 39.3 Å². The summed E-state index contributed by atoms with van der Waals surface area (Å²) >= 11 is 1.66. The number of hydrogen-bond acceptors (Lipinski definition) is 6. The van der Waals surface area contributed by atoms with Gasteiger partial charge in [-0.2, -0.15) is 0 Å². The van der Waals surface area contributed by atoms with Gasteiger partial charge >= 0.3 is 0 Å². The van der Waals surface area contributed by atoms with Gasteiger partial charge in [0, 0.05) is 30.4 Å². The molecule has 0 bridgehead atoms. The van der Waals surface area contributed by atoms with Gasteiger partial charge in [0.2, 0.25) is 5.95 Å². The number of nitrogens with two attached hydrogens (primary N) is 1. The van der Waals surface area contributed by atoms with Crippen molar-refractivity contribution in [3.8, 4) is 0 Å². The summed E-state index contributed by atoms with van der Waals surface area (Å²) in [7, 11) is 1.99. The molecule has 2 heterocycles. The Balaban J connectivity index is 2.00. The van der Waals surface area contributed by atoms with Crippen LogP contribution in [-0.2, 0) is 13.0 Å². The summed E-state index contributed by atoms with van der Waals surface area (Å²) in [6, 6.07) is 0.182. The van der Waals surface area contributed by atoms with Gasteiger partial charge in [0.15, 0.2) is 0 Å². The van der Waals surface area contributed by atoms with E-state index >= 15 is 0 Å². The van der Waals surface area contributed by atoms with Crippen molar-refractivity contribution in [2.24, 2.45) is 5.73 Å². The van der Waals surface area contributed by atoms with E-state index in [1.54, 1.807) is 11.3 Å². The molecule has 2 aromatic heterocycles. The van der Waals surface area contributed by atoms with Gasteiger partial charge in [0.1, 0.15) is 0 Å². The van der Waals surface area contributed by atoms with Gasteiger partial charge in [-0.1, -0.05) is 6.92 Å². The molecule has 0 aliphatic carbocycles. The van der Waals surface area contributed by atoms with Crippen molar-refractivity contribution in [3.63, 3.8) is 0 Å². The zero-order chi connectivity index (χ0) is 14.5. The van der Waals surface area contributed by atoms with Gasteiger partial charge in [-0.05, 0) is 25.3 Å². The van der Waals surface area contributed by atoms with E-state index in [1.165, 1.54) is 4.88 Å². The maximum absolute atomic E-state index is 5.94. The van der Waals surface area contributed by atoms with E-state index in [0.717, 1.165) is 36.6 Å². The Morgan fingerprint density at radius 3 is 2.55 bits per heavy atom. The van der Waals surface area contributed by atoms with Crippen LogP contribution in [0.1, 0.15) is 29.5 Å². The molecule has 2 rings (SSSR count). The fourth-order valence-electron chi connectivity index (χ4n) is 1.86. The molecule has 0 aromatic carbocycles. The predicted octanol–water partition coefficient (Wildman–Crippen LogP) is 2.16. The van der Waals surface area contributed by atoms with E-state index in [-0.39, 0.29) is 6.04 Å². The molecule has 0 aliphatic heterocycles. The first-order chi connectivity index (χ1) is 9.60. The number of aryl methyl sites for hydroxylation is 1. The number of nitrogens with zero attached hydrogens (tertiary/aromatic N) is 4. The fourth-order valence-corrected chi connectivity index (χ4v) is 2.69. The average Bonchev–Trinajstić information content (AvgIpc) is 2.85. The van der Waals surface area contributed by atoms with E-state index in [2.05, 4.69) is 21.9 Å². The molecule has 0 amide bonds. The van der Waals surface area contributed by atoms with Crippen molar-refractivity contribution in [1.29, 1.82) is 0 Å². The summed E-state index contributed by atoms with van der Waals surface area (Å²) in [5.74, 6) is 0.728. The zero-order valence-corrected chi connectivity index (χ0v) is 13.0. The SMILES string of the molecule is CCC(N)Cc1cnc(N(C)Cc2scnc2C)nc1. The van der Waals surface area contributed by atoms with Crippen LogP contribution in [0.3, 0.4) is 0 Å². The Kier molecular flexibility index (Phi) is 5.03. The predicted molar refractivity (Wildman–Crippen MR) is 83.0 cm³/mol. The standard InChI is InChI=1S/C14H21N5S/c1-4-12(15)5-11-6-16-14(17-7-11)19(3)8-13-10(2)18-9-20-13/h6-7,9,12H,4-5,8,15H2,1-3H3. The van der Waals surface area contributed by atoms with Crippen LogP contribution in [0.25, 0.3) is 0 Å². The second kappa shape index (κ2) is 6.76. The van der Waals surface area contributed by atoms with Gasteiger partial charge in [0.25, 0.3) is 0 Å². The third-order valence-electron chi connectivity index (χ3n) is 3.28. The van der Waals surface area contributed by atoms with Crippen LogP contribution in [0.5, 0.6) is 0 Å². The summed E-state index contributed by atoms with van der Waals surface area (Å²) in [5, 5.41) is 0.